The lowest BCUT2D eigenvalue weighted by atomic mass is 9.93. The zero-order valence-electron chi connectivity index (χ0n) is 11.5. The van der Waals surface area contributed by atoms with Gasteiger partial charge in [0.1, 0.15) is 5.75 Å². The van der Waals surface area contributed by atoms with Crippen LogP contribution in [0.5, 0.6) is 5.75 Å². The van der Waals surface area contributed by atoms with Gasteiger partial charge in [-0.25, -0.2) is 0 Å². The molecule has 1 aliphatic rings. The van der Waals surface area contributed by atoms with Gasteiger partial charge in [0.05, 0.1) is 12.2 Å². The molecule has 0 aromatic heterocycles. The van der Waals surface area contributed by atoms with Crippen LogP contribution in [-0.2, 0) is 17.6 Å². The number of aryl methyl sites for hydroxylation is 1. The molecule has 0 radical (unpaired) electrons. The van der Waals surface area contributed by atoms with E-state index in [4.69, 9.17) is 15.2 Å². The summed E-state index contributed by atoms with van der Waals surface area (Å²) in [6.07, 6.45) is 2.94. The number of hydrogen-bond acceptors (Lipinski definition) is 3. The highest BCUT2D eigenvalue weighted by Crippen LogP contribution is 2.26. The first-order valence-corrected chi connectivity index (χ1v) is 6.58. The summed E-state index contributed by atoms with van der Waals surface area (Å²) < 4.78 is 10.9. The molecule has 1 unspecified atom stereocenters. The van der Waals surface area contributed by atoms with Crippen LogP contribution in [0.1, 0.15) is 31.4 Å². The molecule has 1 aliphatic heterocycles. The number of ether oxygens (including phenoxy) is 2. The van der Waals surface area contributed by atoms with Crippen LogP contribution in [-0.4, -0.2) is 25.4 Å². The Morgan fingerprint density at radius 3 is 2.94 bits per heavy atom. The molecule has 1 heterocycles. The third-order valence-electron chi connectivity index (χ3n) is 3.92. The predicted molar refractivity (Wildman–Crippen MR) is 73.0 cm³/mol. The van der Waals surface area contributed by atoms with Gasteiger partial charge in [-0.15, -0.1) is 0 Å². The first kappa shape index (κ1) is 13.4. The molecule has 0 saturated carbocycles. The first-order chi connectivity index (χ1) is 8.53. The summed E-state index contributed by atoms with van der Waals surface area (Å²) in [5, 5.41) is 0. The molecule has 100 valence electrons. The van der Waals surface area contributed by atoms with Crippen molar-refractivity contribution in [2.45, 2.75) is 44.8 Å². The van der Waals surface area contributed by atoms with Gasteiger partial charge in [-0.3, -0.25) is 0 Å². The molecule has 0 fully saturated rings. The Hall–Kier alpha value is -1.06. The SMILES string of the molecule is COC(C)(C)C(N)CCc1ccc2c(c1)CCO2. The maximum absolute atomic E-state index is 6.17. The van der Waals surface area contributed by atoms with Crippen LogP contribution >= 0.6 is 0 Å². The highest BCUT2D eigenvalue weighted by molar-refractivity contribution is 5.39. The van der Waals surface area contributed by atoms with Gasteiger partial charge in [0.2, 0.25) is 0 Å². The summed E-state index contributed by atoms with van der Waals surface area (Å²) in [5.41, 5.74) is 8.57. The van der Waals surface area contributed by atoms with Gasteiger partial charge < -0.3 is 15.2 Å². The monoisotopic (exact) mass is 249 g/mol. The van der Waals surface area contributed by atoms with E-state index < -0.39 is 0 Å². The van der Waals surface area contributed by atoms with Crippen LogP contribution in [0.3, 0.4) is 0 Å². The van der Waals surface area contributed by atoms with Crippen molar-refractivity contribution < 1.29 is 9.47 Å². The Kier molecular flexibility index (Phi) is 3.93. The van der Waals surface area contributed by atoms with E-state index in [-0.39, 0.29) is 11.6 Å². The fourth-order valence-corrected chi connectivity index (χ4v) is 2.22. The largest absolute Gasteiger partial charge is 0.493 e. The number of fused-ring (bicyclic) bond motifs is 1. The van der Waals surface area contributed by atoms with Crippen molar-refractivity contribution in [3.8, 4) is 5.75 Å². The molecule has 1 aromatic carbocycles. The molecule has 2 N–H and O–H groups in total. The quantitative estimate of drug-likeness (QED) is 0.871. The van der Waals surface area contributed by atoms with Crippen LogP contribution in [0.4, 0.5) is 0 Å². The van der Waals surface area contributed by atoms with Crippen LogP contribution in [0.2, 0.25) is 0 Å². The number of hydrogen-bond donors (Lipinski definition) is 1. The standard InChI is InChI=1S/C15H23NO2/c1-15(2,17-3)14(16)7-5-11-4-6-13-12(10-11)8-9-18-13/h4,6,10,14H,5,7-9,16H2,1-3H3. The highest BCUT2D eigenvalue weighted by atomic mass is 16.5. The van der Waals surface area contributed by atoms with Gasteiger partial charge in [0.15, 0.2) is 0 Å². The maximum atomic E-state index is 6.17. The Balaban J connectivity index is 1.94. The van der Waals surface area contributed by atoms with E-state index >= 15 is 0 Å². The van der Waals surface area contributed by atoms with Crippen LogP contribution in [0, 0.1) is 0 Å². The summed E-state index contributed by atoms with van der Waals surface area (Å²) in [6.45, 7) is 4.89. The second-order valence-corrected chi connectivity index (χ2v) is 5.49. The molecule has 3 nitrogen and oxygen atoms in total. The molecule has 0 spiro atoms. The smallest absolute Gasteiger partial charge is 0.122 e. The third-order valence-corrected chi connectivity index (χ3v) is 3.92. The van der Waals surface area contributed by atoms with Gasteiger partial charge in [-0.2, -0.15) is 0 Å². The molecule has 0 bridgehead atoms. The minimum atomic E-state index is -0.264. The fraction of sp³-hybridized carbons (Fsp3) is 0.600. The number of benzene rings is 1. The fourth-order valence-electron chi connectivity index (χ4n) is 2.22. The van der Waals surface area contributed by atoms with Crippen LogP contribution in [0.15, 0.2) is 18.2 Å². The van der Waals surface area contributed by atoms with Crippen molar-refractivity contribution in [2.24, 2.45) is 5.73 Å². The predicted octanol–water partition coefficient (Wildman–Crippen LogP) is 2.31. The first-order valence-electron chi connectivity index (χ1n) is 6.58. The second-order valence-electron chi connectivity index (χ2n) is 5.49. The Morgan fingerprint density at radius 1 is 1.44 bits per heavy atom. The summed E-state index contributed by atoms with van der Waals surface area (Å²) >= 11 is 0. The lowest BCUT2D eigenvalue weighted by Crippen LogP contribution is -2.44. The molecule has 3 heteroatoms. The molecule has 0 saturated heterocycles. The third kappa shape index (κ3) is 2.85. The lowest BCUT2D eigenvalue weighted by molar-refractivity contribution is -0.00132. The molecule has 0 amide bonds. The van der Waals surface area contributed by atoms with Crippen LogP contribution < -0.4 is 10.5 Å². The van der Waals surface area contributed by atoms with Crippen molar-refractivity contribution in [2.75, 3.05) is 13.7 Å². The maximum Gasteiger partial charge on any atom is 0.122 e. The van der Waals surface area contributed by atoms with Crippen molar-refractivity contribution in [3.63, 3.8) is 0 Å². The van der Waals surface area contributed by atoms with E-state index in [1.54, 1.807) is 7.11 Å². The van der Waals surface area contributed by atoms with Gasteiger partial charge in [0.25, 0.3) is 0 Å². The summed E-state index contributed by atoms with van der Waals surface area (Å²) in [7, 11) is 1.71. The lowest BCUT2D eigenvalue weighted by Gasteiger charge is -2.30. The number of methoxy groups -OCH3 is 1. The van der Waals surface area contributed by atoms with Gasteiger partial charge >= 0.3 is 0 Å². The zero-order chi connectivity index (χ0) is 13.2. The van der Waals surface area contributed by atoms with Crippen molar-refractivity contribution in [1.82, 2.24) is 0 Å². The van der Waals surface area contributed by atoms with Crippen molar-refractivity contribution in [1.29, 1.82) is 0 Å². The summed E-state index contributed by atoms with van der Waals surface area (Å²) in [6, 6.07) is 6.50. The average Bonchev–Trinajstić information content (AvgIpc) is 2.83. The molecular formula is C15H23NO2. The number of rotatable bonds is 5. The Morgan fingerprint density at radius 2 is 2.22 bits per heavy atom. The van der Waals surface area contributed by atoms with E-state index in [1.165, 1.54) is 11.1 Å². The topological polar surface area (TPSA) is 44.5 Å². The zero-order valence-corrected chi connectivity index (χ0v) is 11.5. The number of nitrogens with two attached hydrogens (primary N) is 1. The van der Waals surface area contributed by atoms with Crippen LogP contribution in [0.25, 0.3) is 0 Å². The minimum absolute atomic E-state index is 0.0482. The van der Waals surface area contributed by atoms with Gasteiger partial charge in [0, 0.05) is 19.6 Å². The van der Waals surface area contributed by atoms with E-state index in [2.05, 4.69) is 18.2 Å². The second kappa shape index (κ2) is 5.29. The van der Waals surface area contributed by atoms with E-state index in [9.17, 15) is 0 Å². The minimum Gasteiger partial charge on any atom is -0.493 e. The van der Waals surface area contributed by atoms with E-state index in [1.807, 2.05) is 13.8 Å². The van der Waals surface area contributed by atoms with Crippen molar-refractivity contribution in [3.05, 3.63) is 29.3 Å². The molecular weight excluding hydrogens is 226 g/mol. The summed E-state index contributed by atoms with van der Waals surface area (Å²) in [5.74, 6) is 1.04. The van der Waals surface area contributed by atoms with Gasteiger partial charge in [-0.1, -0.05) is 12.1 Å². The normalized spacial score (nSPS) is 16.2. The molecule has 1 aromatic rings. The Labute approximate surface area is 109 Å². The van der Waals surface area contributed by atoms with Gasteiger partial charge in [-0.05, 0) is 43.9 Å². The molecule has 0 aliphatic carbocycles. The van der Waals surface area contributed by atoms with E-state index in [0.29, 0.717) is 0 Å². The summed E-state index contributed by atoms with van der Waals surface area (Å²) in [4.78, 5) is 0. The van der Waals surface area contributed by atoms with Crippen molar-refractivity contribution >= 4 is 0 Å². The Bertz CT molecular complexity index is 415. The van der Waals surface area contributed by atoms with E-state index in [0.717, 1.165) is 31.6 Å². The molecule has 2 rings (SSSR count). The highest BCUT2D eigenvalue weighted by Gasteiger charge is 2.25. The average molecular weight is 249 g/mol. The molecule has 1 atom stereocenters. The molecule has 18 heavy (non-hydrogen) atoms.